The fraction of sp³-hybridized carbons (Fsp3) is 0.136. The third-order valence-corrected chi connectivity index (χ3v) is 5.68. The molecular formula is C22H18BrN3OS. The molecule has 0 unspecified atom stereocenters. The van der Waals surface area contributed by atoms with Crippen molar-refractivity contribution in [3.8, 4) is 16.5 Å². The van der Waals surface area contributed by atoms with Crippen LogP contribution in [0.15, 0.2) is 71.5 Å². The molecule has 0 aliphatic carbocycles. The first-order chi connectivity index (χ1) is 13.7. The summed E-state index contributed by atoms with van der Waals surface area (Å²) in [6, 6.07) is 18.1. The van der Waals surface area contributed by atoms with Gasteiger partial charge in [-0.1, -0.05) is 34.1 Å². The van der Waals surface area contributed by atoms with E-state index in [1.54, 1.807) is 34.7 Å². The normalized spacial score (nSPS) is 10.7. The lowest BCUT2D eigenvalue weighted by Gasteiger charge is -2.19. The Morgan fingerprint density at radius 3 is 2.75 bits per heavy atom. The summed E-state index contributed by atoms with van der Waals surface area (Å²) in [5.41, 5.74) is 2.09. The first kappa shape index (κ1) is 20.0. The highest BCUT2D eigenvalue weighted by Gasteiger charge is 2.11. The molecule has 0 atom stereocenters. The molecule has 3 aromatic rings. The number of hydrogen-bond acceptors (Lipinski definition) is 4. The Bertz CT molecular complexity index is 991. The van der Waals surface area contributed by atoms with Crippen molar-refractivity contribution >= 4 is 39.2 Å². The molecule has 2 aromatic heterocycles. The van der Waals surface area contributed by atoms with Gasteiger partial charge in [0.25, 0.3) is 0 Å². The van der Waals surface area contributed by atoms with E-state index in [0.29, 0.717) is 19.5 Å². The zero-order chi connectivity index (χ0) is 19.8. The van der Waals surface area contributed by atoms with Gasteiger partial charge in [0.15, 0.2) is 0 Å². The SMILES string of the molecule is N#CCCN(Cc1cccnc1)C(=O)/C=C/c1ccc(-c2ccc(Br)cc2)s1. The van der Waals surface area contributed by atoms with E-state index in [4.69, 9.17) is 5.26 Å². The maximum Gasteiger partial charge on any atom is 0.246 e. The number of thiophene rings is 1. The minimum absolute atomic E-state index is 0.113. The molecule has 0 N–H and O–H groups in total. The molecule has 4 nitrogen and oxygen atoms in total. The van der Waals surface area contributed by atoms with Crippen molar-refractivity contribution in [2.45, 2.75) is 13.0 Å². The average Bonchev–Trinajstić information content (AvgIpc) is 3.19. The number of aromatic nitrogens is 1. The molecular weight excluding hydrogens is 434 g/mol. The summed E-state index contributed by atoms with van der Waals surface area (Å²) in [5, 5.41) is 8.88. The van der Waals surface area contributed by atoms with Crippen molar-refractivity contribution in [2.24, 2.45) is 0 Å². The number of amides is 1. The zero-order valence-electron chi connectivity index (χ0n) is 15.1. The summed E-state index contributed by atoms with van der Waals surface area (Å²) >= 11 is 5.08. The lowest BCUT2D eigenvalue weighted by atomic mass is 10.2. The van der Waals surface area contributed by atoms with Gasteiger partial charge in [-0.3, -0.25) is 9.78 Å². The average molecular weight is 452 g/mol. The maximum absolute atomic E-state index is 12.6. The number of benzene rings is 1. The summed E-state index contributed by atoms with van der Waals surface area (Å²) in [4.78, 5) is 20.6. The number of rotatable bonds is 7. The molecule has 28 heavy (non-hydrogen) atoms. The Morgan fingerprint density at radius 2 is 2.04 bits per heavy atom. The van der Waals surface area contributed by atoms with Crippen LogP contribution in [0.1, 0.15) is 16.9 Å². The first-order valence-corrected chi connectivity index (χ1v) is 10.4. The van der Waals surface area contributed by atoms with E-state index in [1.807, 2.05) is 36.4 Å². The smallest absolute Gasteiger partial charge is 0.246 e. The Kier molecular flexibility index (Phi) is 7.12. The van der Waals surface area contributed by atoms with Crippen molar-refractivity contribution in [3.63, 3.8) is 0 Å². The topological polar surface area (TPSA) is 57.0 Å². The molecule has 1 aromatic carbocycles. The van der Waals surface area contributed by atoms with E-state index in [1.165, 1.54) is 0 Å². The monoisotopic (exact) mass is 451 g/mol. The summed E-state index contributed by atoms with van der Waals surface area (Å²) in [6.45, 7) is 0.830. The van der Waals surface area contributed by atoms with Crippen LogP contribution in [0.5, 0.6) is 0 Å². The summed E-state index contributed by atoms with van der Waals surface area (Å²) < 4.78 is 1.05. The van der Waals surface area contributed by atoms with Gasteiger partial charge in [0.2, 0.25) is 5.91 Å². The van der Waals surface area contributed by atoms with Gasteiger partial charge in [0.1, 0.15) is 0 Å². The highest BCUT2D eigenvalue weighted by Crippen LogP contribution is 2.29. The second-order valence-corrected chi connectivity index (χ2v) is 8.10. The minimum atomic E-state index is -0.113. The second kappa shape index (κ2) is 9.98. The third kappa shape index (κ3) is 5.62. The largest absolute Gasteiger partial charge is 0.334 e. The molecule has 6 heteroatoms. The predicted molar refractivity (Wildman–Crippen MR) is 116 cm³/mol. The Balaban J connectivity index is 1.69. The number of nitrogens with zero attached hydrogens (tertiary/aromatic N) is 3. The number of carbonyl (C=O) groups excluding carboxylic acids is 1. The number of carbonyl (C=O) groups is 1. The molecule has 1 amide bonds. The second-order valence-electron chi connectivity index (χ2n) is 6.07. The van der Waals surface area contributed by atoms with Crippen LogP contribution in [0.2, 0.25) is 0 Å². The highest BCUT2D eigenvalue weighted by atomic mass is 79.9. The Hall–Kier alpha value is -2.75. The molecule has 3 rings (SSSR count). The van der Waals surface area contributed by atoms with Gasteiger partial charge in [0, 0.05) is 45.8 Å². The van der Waals surface area contributed by atoms with Crippen LogP contribution in [0.3, 0.4) is 0 Å². The number of halogens is 1. The molecule has 0 aliphatic rings. The first-order valence-electron chi connectivity index (χ1n) is 8.74. The van der Waals surface area contributed by atoms with E-state index >= 15 is 0 Å². The van der Waals surface area contributed by atoms with Crippen LogP contribution in [0.4, 0.5) is 0 Å². The molecule has 140 valence electrons. The Morgan fingerprint density at radius 1 is 1.21 bits per heavy atom. The lowest BCUT2D eigenvalue weighted by Crippen LogP contribution is -2.29. The molecule has 0 saturated heterocycles. The van der Waals surface area contributed by atoms with Crippen LogP contribution in [0.25, 0.3) is 16.5 Å². The molecule has 0 fully saturated rings. The van der Waals surface area contributed by atoms with Gasteiger partial charge in [-0.05, 0) is 47.5 Å². The van der Waals surface area contributed by atoms with Crippen LogP contribution < -0.4 is 0 Å². The van der Waals surface area contributed by atoms with Crippen molar-refractivity contribution < 1.29 is 4.79 Å². The summed E-state index contributed by atoms with van der Waals surface area (Å²) in [6.07, 6.45) is 7.14. The summed E-state index contributed by atoms with van der Waals surface area (Å²) in [5.74, 6) is -0.113. The summed E-state index contributed by atoms with van der Waals surface area (Å²) in [7, 11) is 0. The van der Waals surface area contributed by atoms with Crippen molar-refractivity contribution in [2.75, 3.05) is 6.54 Å². The van der Waals surface area contributed by atoms with Crippen molar-refractivity contribution in [3.05, 3.63) is 81.9 Å². The molecule has 2 heterocycles. The number of hydrogen-bond donors (Lipinski definition) is 0. The molecule has 0 bridgehead atoms. The fourth-order valence-electron chi connectivity index (χ4n) is 2.63. The fourth-order valence-corrected chi connectivity index (χ4v) is 3.82. The van der Waals surface area contributed by atoms with E-state index in [-0.39, 0.29) is 5.91 Å². The lowest BCUT2D eigenvalue weighted by molar-refractivity contribution is -0.126. The van der Waals surface area contributed by atoms with Crippen LogP contribution in [-0.4, -0.2) is 22.3 Å². The van der Waals surface area contributed by atoms with Gasteiger partial charge >= 0.3 is 0 Å². The van der Waals surface area contributed by atoms with Gasteiger partial charge in [-0.25, -0.2) is 0 Å². The van der Waals surface area contributed by atoms with Crippen molar-refractivity contribution in [1.29, 1.82) is 5.26 Å². The highest BCUT2D eigenvalue weighted by molar-refractivity contribution is 9.10. The minimum Gasteiger partial charge on any atom is -0.334 e. The van der Waals surface area contributed by atoms with Gasteiger partial charge in [-0.15, -0.1) is 11.3 Å². The van der Waals surface area contributed by atoms with Crippen LogP contribution in [0, 0.1) is 11.3 Å². The number of pyridine rings is 1. The quantitative estimate of drug-likeness (QED) is 0.443. The van der Waals surface area contributed by atoms with Crippen LogP contribution >= 0.6 is 27.3 Å². The third-order valence-electron chi connectivity index (χ3n) is 4.05. The van der Waals surface area contributed by atoms with E-state index in [2.05, 4.69) is 45.2 Å². The van der Waals surface area contributed by atoms with E-state index in [0.717, 1.165) is 25.4 Å². The zero-order valence-corrected chi connectivity index (χ0v) is 17.5. The standard InChI is InChI=1S/C22H18BrN3OS/c23-19-6-4-18(5-7-19)21-10-8-20(28-21)9-11-22(27)26(14-2-12-24)16-17-3-1-13-25-15-17/h1,3-11,13,15H,2,14,16H2/b11-9+. The molecule has 0 radical (unpaired) electrons. The van der Waals surface area contributed by atoms with Crippen LogP contribution in [-0.2, 0) is 11.3 Å². The molecule has 0 spiro atoms. The van der Waals surface area contributed by atoms with Gasteiger partial charge in [0.05, 0.1) is 12.5 Å². The number of nitriles is 1. The maximum atomic E-state index is 12.6. The molecule has 0 aliphatic heterocycles. The van der Waals surface area contributed by atoms with Crippen molar-refractivity contribution in [1.82, 2.24) is 9.88 Å². The van der Waals surface area contributed by atoms with E-state index in [9.17, 15) is 4.79 Å². The molecule has 0 saturated carbocycles. The Labute approximate surface area is 176 Å². The van der Waals surface area contributed by atoms with E-state index < -0.39 is 0 Å². The van der Waals surface area contributed by atoms with Gasteiger partial charge in [-0.2, -0.15) is 5.26 Å². The predicted octanol–water partition coefficient (Wildman–Crippen LogP) is 5.53. The van der Waals surface area contributed by atoms with Gasteiger partial charge < -0.3 is 4.90 Å².